The molecule has 2 aromatic carbocycles. The fraction of sp³-hybridized carbons (Fsp3) is 0.167. The highest BCUT2D eigenvalue weighted by Crippen LogP contribution is 2.32. The van der Waals surface area contributed by atoms with E-state index >= 15 is 0 Å². The SMILES string of the molecule is COc1cc(C(=O)/C=C/c2ccc(Cl)cc2Cl)cc(C)c1OC. The molecule has 0 aliphatic heterocycles. The van der Waals surface area contributed by atoms with Crippen LogP contribution in [0.15, 0.2) is 36.4 Å². The molecular formula is C18H16Cl2O3. The minimum Gasteiger partial charge on any atom is -0.493 e. The average Bonchev–Trinajstić information content (AvgIpc) is 2.52. The monoisotopic (exact) mass is 350 g/mol. The van der Waals surface area contributed by atoms with Crippen molar-refractivity contribution in [2.24, 2.45) is 0 Å². The van der Waals surface area contributed by atoms with Crippen molar-refractivity contribution in [2.75, 3.05) is 14.2 Å². The second-order valence-electron chi connectivity index (χ2n) is 4.89. The Labute approximate surface area is 145 Å². The first kappa shape index (κ1) is 17.4. The first-order valence-corrected chi connectivity index (χ1v) is 7.62. The fourth-order valence-electron chi connectivity index (χ4n) is 2.20. The zero-order valence-electron chi connectivity index (χ0n) is 13.0. The summed E-state index contributed by atoms with van der Waals surface area (Å²) in [5, 5.41) is 1.04. The number of aryl methyl sites for hydroxylation is 1. The average molecular weight is 351 g/mol. The second kappa shape index (κ2) is 7.53. The van der Waals surface area contributed by atoms with E-state index in [4.69, 9.17) is 32.7 Å². The number of carbonyl (C=O) groups excluding carboxylic acids is 1. The summed E-state index contributed by atoms with van der Waals surface area (Å²) < 4.78 is 10.5. The van der Waals surface area contributed by atoms with Gasteiger partial charge in [-0.3, -0.25) is 4.79 Å². The summed E-state index contributed by atoms with van der Waals surface area (Å²) in [5.74, 6) is 0.989. The van der Waals surface area contributed by atoms with Gasteiger partial charge in [0.05, 0.1) is 14.2 Å². The highest BCUT2D eigenvalue weighted by Gasteiger charge is 2.12. The van der Waals surface area contributed by atoms with Crippen LogP contribution in [-0.2, 0) is 0 Å². The molecule has 3 nitrogen and oxygen atoms in total. The van der Waals surface area contributed by atoms with Gasteiger partial charge < -0.3 is 9.47 Å². The number of methoxy groups -OCH3 is 2. The lowest BCUT2D eigenvalue weighted by molar-refractivity contribution is 0.104. The first-order chi connectivity index (χ1) is 11.0. The van der Waals surface area contributed by atoms with Crippen molar-refractivity contribution in [1.29, 1.82) is 0 Å². The van der Waals surface area contributed by atoms with Crippen molar-refractivity contribution < 1.29 is 14.3 Å². The molecule has 2 rings (SSSR count). The van der Waals surface area contributed by atoms with Crippen molar-refractivity contribution >= 4 is 35.1 Å². The Morgan fingerprint density at radius 1 is 1.09 bits per heavy atom. The number of rotatable bonds is 5. The Morgan fingerprint density at radius 3 is 2.43 bits per heavy atom. The summed E-state index contributed by atoms with van der Waals surface area (Å²) in [6, 6.07) is 8.53. The number of ether oxygens (including phenoxy) is 2. The summed E-state index contributed by atoms with van der Waals surface area (Å²) in [7, 11) is 3.10. The van der Waals surface area contributed by atoms with E-state index in [0.717, 1.165) is 11.1 Å². The third-order valence-corrected chi connectivity index (χ3v) is 3.89. The molecular weight excluding hydrogens is 335 g/mol. The standard InChI is InChI=1S/C18H16Cl2O3/c1-11-8-13(9-17(22-2)18(11)23-3)16(21)7-5-12-4-6-14(19)10-15(12)20/h4-10H,1-3H3/b7-5+. The van der Waals surface area contributed by atoms with Crippen LogP contribution in [0.5, 0.6) is 11.5 Å². The second-order valence-corrected chi connectivity index (χ2v) is 5.74. The van der Waals surface area contributed by atoms with Gasteiger partial charge in [-0.05, 0) is 54.5 Å². The van der Waals surface area contributed by atoms with E-state index in [1.165, 1.54) is 13.2 Å². The van der Waals surface area contributed by atoms with Gasteiger partial charge >= 0.3 is 0 Å². The van der Waals surface area contributed by atoms with Crippen LogP contribution in [0.1, 0.15) is 21.5 Å². The van der Waals surface area contributed by atoms with Gasteiger partial charge in [-0.2, -0.15) is 0 Å². The largest absolute Gasteiger partial charge is 0.493 e. The lowest BCUT2D eigenvalue weighted by Crippen LogP contribution is -2.00. The molecule has 0 fully saturated rings. The molecule has 0 radical (unpaired) electrons. The predicted octanol–water partition coefficient (Wildman–Crippen LogP) is 5.22. The highest BCUT2D eigenvalue weighted by atomic mass is 35.5. The Balaban J connectivity index is 2.30. The van der Waals surface area contributed by atoms with E-state index in [9.17, 15) is 4.79 Å². The zero-order chi connectivity index (χ0) is 17.0. The van der Waals surface area contributed by atoms with Crippen LogP contribution >= 0.6 is 23.2 Å². The molecule has 5 heteroatoms. The Morgan fingerprint density at radius 2 is 1.83 bits per heavy atom. The number of hydrogen-bond donors (Lipinski definition) is 0. The van der Waals surface area contributed by atoms with E-state index in [2.05, 4.69) is 0 Å². The smallest absolute Gasteiger partial charge is 0.186 e. The van der Waals surface area contributed by atoms with Gasteiger partial charge in [0, 0.05) is 15.6 Å². The molecule has 0 spiro atoms. The number of ketones is 1. The summed E-state index contributed by atoms with van der Waals surface area (Å²) in [6.45, 7) is 1.86. The van der Waals surface area contributed by atoms with Crippen LogP contribution in [-0.4, -0.2) is 20.0 Å². The van der Waals surface area contributed by atoms with Crippen LogP contribution in [0.2, 0.25) is 10.0 Å². The Kier molecular flexibility index (Phi) is 5.69. The molecule has 0 heterocycles. The lowest BCUT2D eigenvalue weighted by atomic mass is 10.0. The van der Waals surface area contributed by atoms with Gasteiger partial charge in [-0.25, -0.2) is 0 Å². The Bertz CT molecular complexity index is 767. The van der Waals surface area contributed by atoms with E-state index in [1.54, 1.807) is 43.5 Å². The molecule has 2 aromatic rings. The molecule has 0 N–H and O–H groups in total. The lowest BCUT2D eigenvalue weighted by Gasteiger charge is -2.11. The van der Waals surface area contributed by atoms with Crippen molar-refractivity contribution in [3.8, 4) is 11.5 Å². The predicted molar refractivity (Wildman–Crippen MR) is 94.1 cm³/mol. The molecule has 0 aliphatic carbocycles. The van der Waals surface area contributed by atoms with Crippen molar-refractivity contribution in [3.05, 3.63) is 63.1 Å². The van der Waals surface area contributed by atoms with Crippen molar-refractivity contribution in [3.63, 3.8) is 0 Å². The highest BCUT2D eigenvalue weighted by molar-refractivity contribution is 6.35. The van der Waals surface area contributed by atoms with E-state index in [0.29, 0.717) is 27.1 Å². The number of hydrogen-bond acceptors (Lipinski definition) is 3. The van der Waals surface area contributed by atoms with Gasteiger partial charge in [0.15, 0.2) is 17.3 Å². The summed E-state index contributed by atoms with van der Waals surface area (Å²) in [5.41, 5.74) is 2.07. The molecule has 0 unspecified atom stereocenters. The van der Waals surface area contributed by atoms with Crippen LogP contribution < -0.4 is 9.47 Å². The molecule has 23 heavy (non-hydrogen) atoms. The molecule has 120 valence electrons. The molecule has 0 aromatic heterocycles. The van der Waals surface area contributed by atoms with Crippen LogP contribution in [0.4, 0.5) is 0 Å². The number of allylic oxidation sites excluding steroid dienone is 1. The van der Waals surface area contributed by atoms with Gasteiger partial charge in [0.25, 0.3) is 0 Å². The normalized spacial score (nSPS) is 10.8. The zero-order valence-corrected chi connectivity index (χ0v) is 14.5. The van der Waals surface area contributed by atoms with Crippen LogP contribution in [0, 0.1) is 6.92 Å². The summed E-state index contributed by atoms with van der Waals surface area (Å²) in [4.78, 5) is 12.4. The first-order valence-electron chi connectivity index (χ1n) is 6.86. The number of benzene rings is 2. The molecule has 0 saturated carbocycles. The molecule has 0 atom stereocenters. The summed E-state index contributed by atoms with van der Waals surface area (Å²) in [6.07, 6.45) is 3.13. The van der Waals surface area contributed by atoms with Crippen LogP contribution in [0.3, 0.4) is 0 Å². The van der Waals surface area contributed by atoms with Crippen molar-refractivity contribution in [2.45, 2.75) is 6.92 Å². The third-order valence-electron chi connectivity index (χ3n) is 3.33. The van der Waals surface area contributed by atoms with E-state index in [1.807, 2.05) is 6.92 Å². The topological polar surface area (TPSA) is 35.5 Å². The quantitative estimate of drug-likeness (QED) is 0.548. The fourth-order valence-corrected chi connectivity index (χ4v) is 2.67. The van der Waals surface area contributed by atoms with Gasteiger partial charge in [-0.15, -0.1) is 0 Å². The molecule has 0 aliphatic rings. The third kappa shape index (κ3) is 4.06. The maximum atomic E-state index is 12.4. The van der Waals surface area contributed by atoms with E-state index < -0.39 is 0 Å². The van der Waals surface area contributed by atoms with Crippen LogP contribution in [0.25, 0.3) is 6.08 Å². The maximum absolute atomic E-state index is 12.4. The summed E-state index contributed by atoms with van der Waals surface area (Å²) >= 11 is 11.9. The molecule has 0 bridgehead atoms. The maximum Gasteiger partial charge on any atom is 0.186 e. The Hall–Kier alpha value is -1.97. The molecule has 0 amide bonds. The van der Waals surface area contributed by atoms with Gasteiger partial charge in [0.1, 0.15) is 0 Å². The minimum atomic E-state index is -0.153. The van der Waals surface area contributed by atoms with E-state index in [-0.39, 0.29) is 5.78 Å². The number of halogens is 2. The molecule has 0 saturated heterocycles. The van der Waals surface area contributed by atoms with Gasteiger partial charge in [0.2, 0.25) is 0 Å². The minimum absolute atomic E-state index is 0.153. The van der Waals surface area contributed by atoms with Gasteiger partial charge in [-0.1, -0.05) is 29.3 Å². The number of carbonyl (C=O) groups is 1. The van der Waals surface area contributed by atoms with Crippen molar-refractivity contribution in [1.82, 2.24) is 0 Å².